The average Bonchev–Trinajstić information content (AvgIpc) is 3.45. The number of carbonyl (C=O) groups is 3. The number of ether oxygens (including phenoxy) is 3. The first-order valence-electron chi connectivity index (χ1n) is 12.5. The summed E-state index contributed by atoms with van der Waals surface area (Å²) in [4.78, 5) is 39.9. The zero-order valence-corrected chi connectivity index (χ0v) is 21.9. The van der Waals surface area contributed by atoms with Gasteiger partial charge in [0, 0.05) is 38.4 Å². The topological polar surface area (TPSA) is 109 Å². The van der Waals surface area contributed by atoms with Crippen LogP contribution in [0.1, 0.15) is 59.1 Å². The molecule has 3 fully saturated rings. The van der Waals surface area contributed by atoms with E-state index in [2.05, 4.69) is 29.2 Å². The molecule has 3 aliphatic rings. The van der Waals surface area contributed by atoms with Crippen molar-refractivity contribution in [2.75, 3.05) is 44.2 Å². The number of hydrogen-bond acceptors (Lipinski definition) is 7. The molecule has 0 spiro atoms. The van der Waals surface area contributed by atoms with Crippen molar-refractivity contribution < 1.29 is 33.7 Å². The Kier molecular flexibility index (Phi) is 8.84. The number of nitrogens with zero attached hydrogens (tertiary/aromatic N) is 3. The minimum Gasteiger partial charge on any atom is -0.483 e. The summed E-state index contributed by atoms with van der Waals surface area (Å²) in [6.07, 6.45) is 1.13. The molecule has 2 amide bonds. The second kappa shape index (κ2) is 11.5. The molecule has 0 unspecified atom stereocenters. The van der Waals surface area contributed by atoms with Crippen LogP contribution in [0.15, 0.2) is 24.3 Å². The van der Waals surface area contributed by atoms with Crippen LogP contribution in [-0.2, 0) is 23.8 Å². The van der Waals surface area contributed by atoms with Crippen molar-refractivity contribution in [3.8, 4) is 0 Å². The van der Waals surface area contributed by atoms with Gasteiger partial charge in [0.1, 0.15) is 5.60 Å². The Morgan fingerprint density at radius 2 is 1.81 bits per heavy atom. The fourth-order valence-corrected chi connectivity index (χ4v) is 4.77. The summed E-state index contributed by atoms with van der Waals surface area (Å²) >= 11 is 0. The lowest BCUT2D eigenvalue weighted by atomic mass is 10.0. The van der Waals surface area contributed by atoms with E-state index in [0.29, 0.717) is 19.7 Å². The molecule has 10 nitrogen and oxygen atoms in total. The Morgan fingerprint density at radius 1 is 1.14 bits per heavy atom. The molecule has 0 aromatic heterocycles. The number of amides is 2. The maximum atomic E-state index is 13.2. The van der Waals surface area contributed by atoms with Gasteiger partial charge >= 0.3 is 6.09 Å². The largest absolute Gasteiger partial charge is 0.483 e. The van der Waals surface area contributed by atoms with E-state index in [1.165, 1.54) is 0 Å². The Labute approximate surface area is 213 Å². The van der Waals surface area contributed by atoms with E-state index >= 15 is 0 Å². The van der Waals surface area contributed by atoms with Crippen LogP contribution >= 0.6 is 0 Å². The highest BCUT2D eigenvalue weighted by molar-refractivity contribution is 5.82. The molecular formula is C26H39N3O7. The van der Waals surface area contributed by atoms with E-state index in [1.54, 1.807) is 4.90 Å². The van der Waals surface area contributed by atoms with Crippen molar-refractivity contribution in [2.45, 2.75) is 71.0 Å². The molecule has 1 N–H and O–H groups in total. The smallest absolute Gasteiger partial charge is 0.410 e. The summed E-state index contributed by atoms with van der Waals surface area (Å²) in [7, 11) is 0. The van der Waals surface area contributed by atoms with Gasteiger partial charge in [-0.05, 0) is 65.2 Å². The highest BCUT2D eigenvalue weighted by Crippen LogP contribution is 2.36. The summed E-state index contributed by atoms with van der Waals surface area (Å²) in [6, 6.07) is 8.50. The van der Waals surface area contributed by atoms with Crippen LogP contribution in [0.25, 0.3) is 0 Å². The fraction of sp³-hybridized carbons (Fsp3) is 0.654. The number of hydrogen-bond donors (Lipinski definition) is 1. The van der Waals surface area contributed by atoms with Crippen molar-refractivity contribution in [2.24, 2.45) is 0 Å². The monoisotopic (exact) mass is 505 g/mol. The number of piperazine rings is 1. The zero-order chi connectivity index (χ0) is 26.5. The molecule has 1 aromatic rings. The summed E-state index contributed by atoms with van der Waals surface area (Å²) in [6.45, 7) is 12.9. The lowest BCUT2D eigenvalue weighted by Crippen LogP contribution is -2.50. The third-order valence-corrected chi connectivity index (χ3v) is 6.37. The molecule has 2 atom stereocenters. The molecule has 3 saturated heterocycles. The van der Waals surface area contributed by atoms with E-state index < -0.39 is 17.5 Å². The van der Waals surface area contributed by atoms with Gasteiger partial charge in [0.15, 0.2) is 11.9 Å². The van der Waals surface area contributed by atoms with Crippen LogP contribution < -0.4 is 4.90 Å². The maximum Gasteiger partial charge on any atom is 0.410 e. The first kappa shape index (κ1) is 27.7. The third kappa shape index (κ3) is 7.10. The predicted octanol–water partition coefficient (Wildman–Crippen LogP) is 3.26. The van der Waals surface area contributed by atoms with Crippen molar-refractivity contribution in [1.82, 2.24) is 9.80 Å². The van der Waals surface area contributed by atoms with Gasteiger partial charge in [-0.1, -0.05) is 12.1 Å². The SMILES string of the molecule is CC(C)(C)OC(=O)N1CCN(c2cccc([C@H]3CCCN3C(=O)[C@H]3COC(C)(C)O3)c2)CC1.O=CO. The molecule has 36 heavy (non-hydrogen) atoms. The van der Waals surface area contributed by atoms with Crippen molar-refractivity contribution in [3.63, 3.8) is 0 Å². The summed E-state index contributed by atoms with van der Waals surface area (Å²) in [5.74, 6) is -0.698. The Balaban J connectivity index is 0.00000115. The number of carbonyl (C=O) groups excluding carboxylic acids is 2. The fourth-order valence-electron chi connectivity index (χ4n) is 4.77. The summed E-state index contributed by atoms with van der Waals surface area (Å²) in [5.41, 5.74) is 1.78. The van der Waals surface area contributed by atoms with Crippen molar-refractivity contribution in [3.05, 3.63) is 29.8 Å². The van der Waals surface area contributed by atoms with E-state index in [9.17, 15) is 9.59 Å². The van der Waals surface area contributed by atoms with Gasteiger partial charge in [-0.3, -0.25) is 9.59 Å². The van der Waals surface area contributed by atoms with E-state index in [1.807, 2.05) is 39.5 Å². The predicted molar refractivity (Wildman–Crippen MR) is 134 cm³/mol. The Hall–Kier alpha value is -2.85. The minimum absolute atomic E-state index is 0.0134. The molecule has 0 radical (unpaired) electrons. The van der Waals surface area contributed by atoms with Crippen molar-refractivity contribution >= 4 is 24.2 Å². The maximum absolute atomic E-state index is 13.2. The Morgan fingerprint density at radius 3 is 2.39 bits per heavy atom. The van der Waals surface area contributed by atoms with E-state index in [4.69, 9.17) is 24.1 Å². The van der Waals surface area contributed by atoms with Crippen LogP contribution in [0.2, 0.25) is 0 Å². The Bertz CT molecular complexity index is 922. The van der Waals surface area contributed by atoms with E-state index in [-0.39, 0.29) is 24.5 Å². The van der Waals surface area contributed by atoms with Gasteiger partial charge in [0.2, 0.25) is 0 Å². The van der Waals surface area contributed by atoms with Gasteiger partial charge in [-0.15, -0.1) is 0 Å². The van der Waals surface area contributed by atoms with Crippen LogP contribution in [0, 0.1) is 0 Å². The molecule has 1 aromatic carbocycles. The summed E-state index contributed by atoms with van der Waals surface area (Å²) in [5, 5.41) is 6.89. The van der Waals surface area contributed by atoms with Gasteiger partial charge < -0.3 is 34.0 Å². The molecule has 10 heteroatoms. The van der Waals surface area contributed by atoms with Crippen LogP contribution in [0.3, 0.4) is 0 Å². The van der Waals surface area contributed by atoms with Crippen LogP contribution in [0.5, 0.6) is 0 Å². The van der Waals surface area contributed by atoms with Crippen molar-refractivity contribution in [1.29, 1.82) is 0 Å². The average molecular weight is 506 g/mol. The number of benzene rings is 1. The summed E-state index contributed by atoms with van der Waals surface area (Å²) < 4.78 is 16.9. The highest BCUT2D eigenvalue weighted by Gasteiger charge is 2.42. The molecule has 3 aliphatic heterocycles. The molecule has 0 saturated carbocycles. The lowest BCUT2D eigenvalue weighted by molar-refractivity contribution is -0.160. The number of rotatable bonds is 3. The number of anilines is 1. The standard InChI is InChI=1S/C25H37N3O5.CH2O2/c1-24(2,3)33-23(30)27-14-12-26(13-15-27)19-9-6-8-18(16-19)20-10-7-11-28(20)22(29)21-17-31-25(4,5)32-21;2-1-3/h6,8-9,16,20-21H,7,10-15,17H2,1-5H3;1H,(H,2,3)/t20-,21-;/m1./s1. The van der Waals surface area contributed by atoms with Gasteiger partial charge in [-0.25, -0.2) is 4.79 Å². The molecule has 200 valence electrons. The molecule has 0 aliphatic carbocycles. The van der Waals surface area contributed by atoms with Crippen LogP contribution in [-0.4, -0.2) is 90.2 Å². The normalized spacial score (nSPS) is 23.6. The lowest BCUT2D eigenvalue weighted by Gasteiger charge is -2.37. The first-order chi connectivity index (χ1) is 16.9. The zero-order valence-electron chi connectivity index (χ0n) is 21.9. The second-order valence-corrected chi connectivity index (χ2v) is 10.7. The van der Waals surface area contributed by atoms with Gasteiger partial charge in [0.05, 0.1) is 12.6 Å². The van der Waals surface area contributed by atoms with Gasteiger partial charge in [0.25, 0.3) is 12.4 Å². The quantitative estimate of drug-likeness (QED) is 0.624. The number of carboxylic acid groups (broad SMARTS) is 1. The van der Waals surface area contributed by atoms with E-state index in [0.717, 1.165) is 43.7 Å². The van der Waals surface area contributed by atoms with Crippen LogP contribution in [0.4, 0.5) is 10.5 Å². The van der Waals surface area contributed by atoms with Gasteiger partial charge in [-0.2, -0.15) is 0 Å². The molecular weight excluding hydrogens is 466 g/mol. The highest BCUT2D eigenvalue weighted by atomic mass is 16.7. The molecule has 0 bridgehead atoms. The second-order valence-electron chi connectivity index (χ2n) is 10.7. The third-order valence-electron chi connectivity index (χ3n) is 6.37. The minimum atomic E-state index is -0.711. The first-order valence-corrected chi connectivity index (χ1v) is 12.5. The molecule has 3 heterocycles. The number of likely N-dealkylation sites (tertiary alicyclic amines) is 1. The molecule has 4 rings (SSSR count).